The van der Waals surface area contributed by atoms with E-state index in [0.717, 1.165) is 45.4 Å². The molecule has 2 aromatic rings. The van der Waals surface area contributed by atoms with Crippen molar-refractivity contribution in [3.8, 4) is 0 Å². The van der Waals surface area contributed by atoms with Gasteiger partial charge in [-0.05, 0) is 51.3 Å². The number of pyridine rings is 1. The molecule has 2 heterocycles. The molecular weight excluding hydrogens is 397 g/mol. The maximum atomic E-state index is 15.3. The van der Waals surface area contributed by atoms with Gasteiger partial charge in [0.1, 0.15) is 11.4 Å². The lowest BCUT2D eigenvalue weighted by Crippen LogP contribution is -2.27. The van der Waals surface area contributed by atoms with Crippen molar-refractivity contribution in [2.24, 2.45) is 5.92 Å². The number of aromatic nitrogens is 1. The van der Waals surface area contributed by atoms with Gasteiger partial charge in [-0.3, -0.25) is 4.79 Å². The number of hydrogen-bond donors (Lipinski definition) is 2. The summed E-state index contributed by atoms with van der Waals surface area (Å²) in [6.07, 6.45) is 4.31. The summed E-state index contributed by atoms with van der Waals surface area (Å²) < 4.78 is 17.1. The number of carbonyl (C=O) groups is 1. The van der Waals surface area contributed by atoms with Crippen LogP contribution in [0.15, 0.2) is 17.1 Å². The molecule has 2 fully saturated rings. The molecule has 0 spiro atoms. The number of aromatic carboxylic acids is 1. The van der Waals surface area contributed by atoms with Crippen LogP contribution in [0.25, 0.3) is 10.9 Å². The molecule has 1 aromatic carbocycles. The fraction of sp³-hybridized carbons (Fsp3) is 0.524. The Bertz CT molecular complexity index is 1000. The number of halogens is 2. The Balaban J connectivity index is 0.00000240. The number of hydrogen-bond acceptors (Lipinski definition) is 4. The van der Waals surface area contributed by atoms with E-state index >= 15 is 4.39 Å². The molecule has 0 amide bonds. The highest BCUT2D eigenvalue weighted by Crippen LogP contribution is 2.39. The van der Waals surface area contributed by atoms with Crippen LogP contribution in [0.5, 0.6) is 0 Å². The van der Waals surface area contributed by atoms with Gasteiger partial charge >= 0.3 is 5.97 Å². The van der Waals surface area contributed by atoms with Gasteiger partial charge < -0.3 is 19.9 Å². The Morgan fingerprint density at radius 1 is 1.34 bits per heavy atom. The number of nitrogens with zero attached hydrogens (tertiary/aromatic N) is 2. The summed E-state index contributed by atoms with van der Waals surface area (Å²) in [4.78, 5) is 26.3. The van der Waals surface area contributed by atoms with E-state index in [1.807, 2.05) is 4.57 Å². The number of nitrogens with one attached hydrogen (secondary N) is 1. The smallest absolute Gasteiger partial charge is 0.341 e. The quantitative estimate of drug-likeness (QED) is 0.745. The number of carboxylic acid groups (broad SMARTS) is 1. The van der Waals surface area contributed by atoms with Crippen molar-refractivity contribution in [1.82, 2.24) is 9.88 Å². The number of fused-ring (bicyclic) bond motifs is 1. The molecule has 1 saturated heterocycles. The number of rotatable bonds is 6. The molecule has 29 heavy (non-hydrogen) atoms. The molecule has 1 atom stereocenters. The number of aryl methyl sites for hydroxylation is 1. The number of carboxylic acids is 1. The van der Waals surface area contributed by atoms with Crippen molar-refractivity contribution in [2.45, 2.75) is 39.2 Å². The van der Waals surface area contributed by atoms with Crippen LogP contribution in [0, 0.1) is 18.7 Å². The molecule has 1 aliphatic heterocycles. The second kappa shape index (κ2) is 8.32. The molecule has 158 valence electrons. The van der Waals surface area contributed by atoms with E-state index in [2.05, 4.69) is 17.1 Å². The zero-order chi connectivity index (χ0) is 20.0. The molecule has 4 rings (SSSR count). The van der Waals surface area contributed by atoms with E-state index in [0.29, 0.717) is 17.1 Å². The molecule has 1 aromatic heterocycles. The van der Waals surface area contributed by atoms with Crippen molar-refractivity contribution in [3.05, 3.63) is 39.4 Å². The summed E-state index contributed by atoms with van der Waals surface area (Å²) in [6.45, 7) is 7.03. The lowest BCUT2D eigenvalue weighted by Gasteiger charge is -2.23. The van der Waals surface area contributed by atoms with Gasteiger partial charge in [0.25, 0.3) is 0 Å². The lowest BCUT2D eigenvalue weighted by molar-refractivity contribution is 0.0695. The van der Waals surface area contributed by atoms with E-state index in [1.54, 1.807) is 13.0 Å². The molecule has 0 radical (unpaired) electrons. The third-order valence-electron chi connectivity index (χ3n) is 5.96. The van der Waals surface area contributed by atoms with Crippen molar-refractivity contribution in [1.29, 1.82) is 0 Å². The number of anilines is 1. The third-order valence-corrected chi connectivity index (χ3v) is 5.96. The molecule has 6 nitrogen and oxygen atoms in total. The van der Waals surface area contributed by atoms with E-state index in [9.17, 15) is 14.7 Å². The minimum absolute atomic E-state index is 0. The van der Waals surface area contributed by atoms with Gasteiger partial charge in [0.15, 0.2) is 0 Å². The standard InChI is InChI=1S/C21H26FN3O3.ClH/c1-3-23-9-13-6-7-24(10-13)17-8-16-18(12(2)19(17)22)20(26)15(21(27)28)11-25(16)14-4-5-14;/h8,11,13-14,23H,3-7,9-10H2,1-2H3,(H,27,28);1H. The van der Waals surface area contributed by atoms with E-state index < -0.39 is 17.2 Å². The van der Waals surface area contributed by atoms with Crippen LogP contribution in [-0.2, 0) is 0 Å². The Hall–Kier alpha value is -2.12. The second-order valence-corrected chi connectivity index (χ2v) is 7.95. The average molecular weight is 424 g/mol. The Morgan fingerprint density at radius 2 is 2.07 bits per heavy atom. The fourth-order valence-electron chi connectivity index (χ4n) is 4.25. The minimum Gasteiger partial charge on any atom is -0.477 e. The van der Waals surface area contributed by atoms with Gasteiger partial charge in [-0.2, -0.15) is 0 Å². The highest BCUT2D eigenvalue weighted by Gasteiger charge is 2.30. The molecule has 2 N–H and O–H groups in total. The second-order valence-electron chi connectivity index (χ2n) is 7.95. The maximum Gasteiger partial charge on any atom is 0.341 e. The Labute approximate surface area is 175 Å². The fourth-order valence-corrected chi connectivity index (χ4v) is 4.25. The molecular formula is C21H27ClFN3O3. The first-order valence-corrected chi connectivity index (χ1v) is 9.99. The predicted molar refractivity (Wildman–Crippen MR) is 114 cm³/mol. The monoisotopic (exact) mass is 423 g/mol. The molecule has 2 aliphatic rings. The van der Waals surface area contributed by atoms with Crippen molar-refractivity contribution < 1.29 is 14.3 Å². The topological polar surface area (TPSA) is 74.6 Å². The van der Waals surface area contributed by atoms with E-state index in [1.165, 1.54) is 6.20 Å². The van der Waals surface area contributed by atoms with Crippen LogP contribution in [0.2, 0.25) is 0 Å². The molecule has 1 saturated carbocycles. The normalized spacial score (nSPS) is 18.9. The van der Waals surface area contributed by atoms with Crippen LogP contribution in [-0.4, -0.2) is 41.8 Å². The average Bonchev–Trinajstić information content (AvgIpc) is 3.40. The highest BCUT2D eigenvalue weighted by atomic mass is 35.5. The third kappa shape index (κ3) is 3.85. The van der Waals surface area contributed by atoms with Crippen LogP contribution in [0.3, 0.4) is 0 Å². The molecule has 1 aliphatic carbocycles. The summed E-state index contributed by atoms with van der Waals surface area (Å²) in [5, 5.41) is 13.0. The predicted octanol–water partition coefficient (Wildman–Crippen LogP) is 3.34. The van der Waals surface area contributed by atoms with Crippen LogP contribution in [0.1, 0.15) is 48.1 Å². The van der Waals surface area contributed by atoms with Gasteiger partial charge in [0, 0.05) is 30.9 Å². The summed E-state index contributed by atoms with van der Waals surface area (Å²) in [5.74, 6) is -1.22. The molecule has 0 bridgehead atoms. The van der Waals surface area contributed by atoms with E-state index in [-0.39, 0.29) is 35.0 Å². The summed E-state index contributed by atoms with van der Waals surface area (Å²) >= 11 is 0. The van der Waals surface area contributed by atoms with E-state index in [4.69, 9.17) is 0 Å². The number of benzene rings is 1. The summed E-state index contributed by atoms with van der Waals surface area (Å²) in [6, 6.07) is 1.93. The Kier molecular flexibility index (Phi) is 6.19. The van der Waals surface area contributed by atoms with Gasteiger partial charge in [-0.1, -0.05) is 6.92 Å². The lowest BCUT2D eigenvalue weighted by atomic mass is 10.0. The maximum absolute atomic E-state index is 15.3. The largest absolute Gasteiger partial charge is 0.477 e. The first-order chi connectivity index (χ1) is 13.4. The molecule has 8 heteroatoms. The van der Waals surface area contributed by atoms with Crippen LogP contribution in [0.4, 0.5) is 10.1 Å². The Morgan fingerprint density at radius 3 is 2.69 bits per heavy atom. The SMILES string of the molecule is CCNCC1CCN(c2cc3c(c(C)c2F)c(=O)c(C(=O)O)cn3C2CC2)C1.Cl. The zero-order valence-electron chi connectivity index (χ0n) is 16.7. The zero-order valence-corrected chi connectivity index (χ0v) is 17.5. The van der Waals surface area contributed by atoms with Gasteiger partial charge in [0.05, 0.1) is 16.6 Å². The van der Waals surface area contributed by atoms with Gasteiger partial charge in [-0.15, -0.1) is 12.4 Å². The summed E-state index contributed by atoms with van der Waals surface area (Å²) in [5.41, 5.74) is 0.503. The molecule has 1 unspecified atom stereocenters. The van der Waals surface area contributed by atoms with Crippen LogP contribution >= 0.6 is 12.4 Å². The highest BCUT2D eigenvalue weighted by molar-refractivity contribution is 5.95. The van der Waals surface area contributed by atoms with Crippen molar-refractivity contribution >= 4 is 35.0 Å². The first kappa shape index (κ1) is 21.6. The van der Waals surface area contributed by atoms with Crippen molar-refractivity contribution in [3.63, 3.8) is 0 Å². The summed E-state index contributed by atoms with van der Waals surface area (Å²) in [7, 11) is 0. The van der Waals surface area contributed by atoms with Crippen LogP contribution < -0.4 is 15.6 Å². The van der Waals surface area contributed by atoms with Gasteiger partial charge in [-0.25, -0.2) is 9.18 Å². The van der Waals surface area contributed by atoms with Crippen molar-refractivity contribution in [2.75, 3.05) is 31.1 Å². The minimum atomic E-state index is -1.27. The van der Waals surface area contributed by atoms with Gasteiger partial charge in [0.2, 0.25) is 5.43 Å². The first-order valence-electron chi connectivity index (χ1n) is 9.99.